The third kappa shape index (κ3) is 3.71. The molecule has 0 fully saturated rings. The minimum Gasteiger partial charge on any atom is -0.492 e. The Morgan fingerprint density at radius 1 is 1.44 bits per heavy atom. The van der Waals surface area contributed by atoms with Gasteiger partial charge >= 0.3 is 0 Å². The number of amidine groups is 1. The first-order valence-corrected chi connectivity index (χ1v) is 6.47. The molecule has 0 heterocycles. The van der Waals surface area contributed by atoms with E-state index in [4.69, 9.17) is 15.9 Å². The standard InChI is InChI=1S/C13H20BrN3O/c1-13(2,17(3)4)8-18-9-5-6-10(12(15)16)11(14)7-9/h5-7H,8H2,1-4H3,(H3,15,16). The normalized spacial score (nSPS) is 11.7. The van der Waals surface area contributed by atoms with Gasteiger partial charge in [0.1, 0.15) is 18.2 Å². The third-order valence-corrected chi connectivity index (χ3v) is 3.69. The summed E-state index contributed by atoms with van der Waals surface area (Å²) in [7, 11) is 4.05. The zero-order valence-corrected chi connectivity index (χ0v) is 12.8. The molecule has 3 N–H and O–H groups in total. The van der Waals surface area contributed by atoms with E-state index in [1.165, 1.54) is 0 Å². The van der Waals surface area contributed by atoms with Crippen LogP contribution in [0.3, 0.4) is 0 Å². The molecule has 1 aromatic carbocycles. The predicted molar refractivity (Wildman–Crippen MR) is 78.4 cm³/mol. The molecule has 0 radical (unpaired) electrons. The van der Waals surface area contributed by atoms with Gasteiger partial charge in [-0.2, -0.15) is 0 Å². The Morgan fingerprint density at radius 2 is 2.06 bits per heavy atom. The number of nitrogens with two attached hydrogens (primary N) is 1. The van der Waals surface area contributed by atoms with Crippen LogP contribution >= 0.6 is 15.9 Å². The zero-order valence-electron chi connectivity index (χ0n) is 11.2. The van der Waals surface area contributed by atoms with Crippen LogP contribution in [0, 0.1) is 5.41 Å². The summed E-state index contributed by atoms with van der Waals surface area (Å²) in [6.45, 7) is 4.82. The summed E-state index contributed by atoms with van der Waals surface area (Å²) in [6.07, 6.45) is 0. The van der Waals surface area contributed by atoms with Crippen molar-refractivity contribution in [2.45, 2.75) is 19.4 Å². The van der Waals surface area contributed by atoms with E-state index < -0.39 is 0 Å². The second-order valence-electron chi connectivity index (χ2n) is 5.05. The van der Waals surface area contributed by atoms with Crippen molar-refractivity contribution in [3.63, 3.8) is 0 Å². The van der Waals surface area contributed by atoms with Gasteiger partial charge in [-0.1, -0.05) is 0 Å². The molecule has 0 saturated heterocycles. The molecular formula is C13H20BrN3O. The average Bonchev–Trinajstić information content (AvgIpc) is 2.25. The maximum atomic E-state index is 7.40. The molecule has 0 amide bonds. The Labute approximate surface area is 117 Å². The molecule has 0 atom stereocenters. The number of nitrogens with one attached hydrogen (secondary N) is 1. The van der Waals surface area contributed by atoms with E-state index in [9.17, 15) is 0 Å². The lowest BCUT2D eigenvalue weighted by Crippen LogP contribution is -2.43. The molecule has 0 aliphatic heterocycles. The van der Waals surface area contributed by atoms with Crippen LogP contribution in [0.4, 0.5) is 0 Å². The number of nitrogens with zero attached hydrogens (tertiary/aromatic N) is 1. The first-order valence-electron chi connectivity index (χ1n) is 5.68. The second kappa shape index (κ2) is 5.71. The van der Waals surface area contributed by atoms with Crippen LogP contribution in [0.25, 0.3) is 0 Å². The van der Waals surface area contributed by atoms with Crippen LogP contribution in [0.5, 0.6) is 5.75 Å². The lowest BCUT2D eigenvalue weighted by Gasteiger charge is -2.32. The smallest absolute Gasteiger partial charge is 0.123 e. The van der Waals surface area contributed by atoms with E-state index >= 15 is 0 Å². The molecule has 0 spiro atoms. The van der Waals surface area contributed by atoms with Crippen molar-refractivity contribution in [2.75, 3.05) is 20.7 Å². The number of hydrogen-bond acceptors (Lipinski definition) is 3. The number of nitrogen functional groups attached to an aromatic ring is 1. The predicted octanol–water partition coefficient (Wildman–Crippen LogP) is 2.45. The number of likely N-dealkylation sites (N-methyl/N-ethyl adjacent to an activating group) is 1. The Bertz CT molecular complexity index is 444. The van der Waals surface area contributed by atoms with Gasteiger partial charge < -0.3 is 15.4 Å². The monoisotopic (exact) mass is 313 g/mol. The Morgan fingerprint density at radius 3 is 2.50 bits per heavy atom. The fourth-order valence-electron chi connectivity index (χ4n) is 1.19. The maximum Gasteiger partial charge on any atom is 0.123 e. The summed E-state index contributed by atoms with van der Waals surface area (Å²) in [4.78, 5) is 2.12. The van der Waals surface area contributed by atoms with Crippen molar-refractivity contribution >= 4 is 21.8 Å². The van der Waals surface area contributed by atoms with Gasteiger partial charge in [0.25, 0.3) is 0 Å². The molecule has 0 aliphatic carbocycles. The number of halogens is 1. The lowest BCUT2D eigenvalue weighted by atomic mass is 10.1. The first-order chi connectivity index (χ1) is 8.24. The van der Waals surface area contributed by atoms with Crippen molar-refractivity contribution < 1.29 is 4.74 Å². The number of benzene rings is 1. The van der Waals surface area contributed by atoms with Crippen molar-refractivity contribution in [2.24, 2.45) is 5.73 Å². The molecular weight excluding hydrogens is 294 g/mol. The van der Waals surface area contributed by atoms with Gasteiger partial charge in [0.15, 0.2) is 0 Å². The lowest BCUT2D eigenvalue weighted by molar-refractivity contribution is 0.114. The number of ether oxygens (including phenoxy) is 1. The average molecular weight is 314 g/mol. The maximum absolute atomic E-state index is 7.40. The molecule has 100 valence electrons. The van der Waals surface area contributed by atoms with Gasteiger partial charge in [0.05, 0.1) is 0 Å². The van der Waals surface area contributed by atoms with E-state index in [0.717, 1.165) is 10.2 Å². The SMILES string of the molecule is CN(C)C(C)(C)COc1ccc(C(=N)N)c(Br)c1. The third-order valence-electron chi connectivity index (χ3n) is 3.03. The molecule has 4 nitrogen and oxygen atoms in total. The summed E-state index contributed by atoms with van der Waals surface area (Å²) in [5.41, 5.74) is 6.09. The second-order valence-corrected chi connectivity index (χ2v) is 5.91. The van der Waals surface area contributed by atoms with E-state index in [1.54, 1.807) is 6.07 Å². The highest BCUT2D eigenvalue weighted by atomic mass is 79.9. The largest absolute Gasteiger partial charge is 0.492 e. The van der Waals surface area contributed by atoms with Gasteiger partial charge in [-0.15, -0.1) is 0 Å². The Balaban J connectivity index is 2.76. The van der Waals surface area contributed by atoms with Gasteiger partial charge in [0.2, 0.25) is 0 Å². The minimum atomic E-state index is -0.0360. The summed E-state index contributed by atoms with van der Waals surface area (Å²) >= 11 is 3.39. The molecule has 1 rings (SSSR count). The van der Waals surface area contributed by atoms with Gasteiger partial charge in [-0.3, -0.25) is 5.41 Å². The first kappa shape index (κ1) is 15.0. The van der Waals surface area contributed by atoms with E-state index in [1.807, 2.05) is 26.2 Å². The fourth-order valence-corrected chi connectivity index (χ4v) is 1.76. The molecule has 0 bridgehead atoms. The van der Waals surface area contributed by atoms with Crippen LogP contribution in [-0.2, 0) is 0 Å². The molecule has 0 aliphatic rings. The summed E-state index contributed by atoms with van der Waals surface area (Å²) < 4.78 is 6.54. The van der Waals surface area contributed by atoms with Crippen molar-refractivity contribution in [1.29, 1.82) is 5.41 Å². The van der Waals surface area contributed by atoms with Crippen LogP contribution in [0.2, 0.25) is 0 Å². The Hall–Kier alpha value is -1.07. The highest BCUT2D eigenvalue weighted by Gasteiger charge is 2.21. The van der Waals surface area contributed by atoms with Gasteiger partial charge in [0, 0.05) is 15.6 Å². The summed E-state index contributed by atoms with van der Waals surface area (Å²) in [5, 5.41) is 7.40. The van der Waals surface area contributed by atoms with Gasteiger partial charge in [-0.05, 0) is 62.1 Å². The van der Waals surface area contributed by atoms with Crippen LogP contribution < -0.4 is 10.5 Å². The quantitative estimate of drug-likeness (QED) is 0.648. The molecule has 5 heteroatoms. The van der Waals surface area contributed by atoms with Crippen LogP contribution in [-0.4, -0.2) is 37.0 Å². The molecule has 18 heavy (non-hydrogen) atoms. The molecule has 0 saturated carbocycles. The van der Waals surface area contributed by atoms with Crippen molar-refractivity contribution in [3.8, 4) is 5.75 Å². The van der Waals surface area contributed by atoms with Crippen LogP contribution in [0.1, 0.15) is 19.4 Å². The van der Waals surface area contributed by atoms with Crippen molar-refractivity contribution in [1.82, 2.24) is 4.90 Å². The van der Waals surface area contributed by atoms with E-state index in [0.29, 0.717) is 12.2 Å². The minimum absolute atomic E-state index is 0.0360. The topological polar surface area (TPSA) is 62.3 Å². The van der Waals surface area contributed by atoms with Crippen molar-refractivity contribution in [3.05, 3.63) is 28.2 Å². The fraction of sp³-hybridized carbons (Fsp3) is 0.462. The highest BCUT2D eigenvalue weighted by Crippen LogP contribution is 2.24. The molecule has 0 unspecified atom stereocenters. The van der Waals surface area contributed by atoms with Gasteiger partial charge in [-0.25, -0.2) is 0 Å². The number of hydrogen-bond donors (Lipinski definition) is 2. The zero-order chi connectivity index (χ0) is 13.9. The van der Waals surface area contributed by atoms with Crippen LogP contribution in [0.15, 0.2) is 22.7 Å². The number of rotatable bonds is 5. The summed E-state index contributed by atoms with van der Waals surface area (Å²) in [5.74, 6) is 0.809. The Kier molecular flexibility index (Phi) is 4.76. The van der Waals surface area contributed by atoms with E-state index in [-0.39, 0.29) is 11.4 Å². The molecule has 0 aromatic heterocycles. The highest BCUT2D eigenvalue weighted by molar-refractivity contribution is 9.10. The summed E-state index contributed by atoms with van der Waals surface area (Å²) in [6, 6.07) is 5.44. The molecule has 1 aromatic rings. The van der Waals surface area contributed by atoms with E-state index in [2.05, 4.69) is 34.7 Å².